The monoisotopic (exact) mass is 337 g/mol. The van der Waals surface area contributed by atoms with Crippen molar-refractivity contribution in [1.82, 2.24) is 4.98 Å². The molecule has 25 heavy (non-hydrogen) atoms. The Kier molecular flexibility index (Phi) is 4.74. The number of hydrogen-bond acceptors (Lipinski definition) is 4. The summed E-state index contributed by atoms with van der Waals surface area (Å²) in [5, 5.41) is 6.24. The normalized spacial score (nSPS) is 12.4. The molecule has 2 aromatic carbocycles. The molecular formula is C20H23N3O2. The molecule has 130 valence electrons. The fourth-order valence-corrected chi connectivity index (χ4v) is 2.80. The molecule has 0 aliphatic carbocycles. The molecule has 3 rings (SSSR count). The number of oxazole rings is 1. The van der Waals surface area contributed by atoms with Gasteiger partial charge >= 0.3 is 0 Å². The Morgan fingerprint density at radius 2 is 1.88 bits per heavy atom. The Labute approximate surface area is 147 Å². The largest absolute Gasteiger partial charge is 0.441 e. The van der Waals surface area contributed by atoms with Crippen LogP contribution in [0.5, 0.6) is 0 Å². The predicted octanol–water partition coefficient (Wildman–Crippen LogP) is 4.70. The second-order valence-electron chi connectivity index (χ2n) is 6.51. The molecule has 0 aliphatic rings. The number of hydrogen-bond donors (Lipinski definition) is 2. The number of aryl methyl sites for hydroxylation is 1. The standard InChI is InChI=1S/C20H23N3O2/c1-12(2)16-7-5-6-8-17(16)23-20(24)13(3)21-15-9-10-19-18(11-15)22-14(4)25-19/h5-13,21H,1-4H3,(H,23,24)/t13-/m0/s1. The maximum Gasteiger partial charge on any atom is 0.246 e. The molecule has 1 aromatic heterocycles. The fourth-order valence-electron chi connectivity index (χ4n) is 2.80. The quantitative estimate of drug-likeness (QED) is 0.708. The predicted molar refractivity (Wildman–Crippen MR) is 101 cm³/mol. The van der Waals surface area contributed by atoms with Crippen molar-refractivity contribution in [3.05, 3.63) is 53.9 Å². The highest BCUT2D eigenvalue weighted by atomic mass is 16.3. The smallest absolute Gasteiger partial charge is 0.246 e. The number of carbonyl (C=O) groups is 1. The van der Waals surface area contributed by atoms with Crippen molar-refractivity contribution in [3.63, 3.8) is 0 Å². The molecule has 1 atom stereocenters. The molecule has 0 saturated heterocycles. The van der Waals surface area contributed by atoms with Crippen molar-refractivity contribution in [2.45, 2.75) is 39.7 Å². The molecule has 3 aromatic rings. The van der Waals surface area contributed by atoms with Crippen molar-refractivity contribution in [2.75, 3.05) is 10.6 Å². The summed E-state index contributed by atoms with van der Waals surface area (Å²) in [6.45, 7) is 7.88. The first-order chi connectivity index (χ1) is 11.9. The van der Waals surface area contributed by atoms with Crippen molar-refractivity contribution in [3.8, 4) is 0 Å². The second-order valence-corrected chi connectivity index (χ2v) is 6.51. The van der Waals surface area contributed by atoms with E-state index in [0.29, 0.717) is 11.8 Å². The summed E-state index contributed by atoms with van der Waals surface area (Å²) in [4.78, 5) is 16.9. The van der Waals surface area contributed by atoms with Crippen LogP contribution in [-0.4, -0.2) is 16.9 Å². The summed E-state index contributed by atoms with van der Waals surface area (Å²) in [7, 11) is 0. The van der Waals surface area contributed by atoms with Crippen LogP contribution in [0.25, 0.3) is 11.1 Å². The van der Waals surface area contributed by atoms with E-state index in [1.165, 1.54) is 0 Å². The molecule has 2 N–H and O–H groups in total. The van der Waals surface area contributed by atoms with Crippen molar-refractivity contribution in [2.24, 2.45) is 0 Å². The van der Waals surface area contributed by atoms with Gasteiger partial charge in [-0.1, -0.05) is 32.0 Å². The molecule has 0 fully saturated rings. The van der Waals surface area contributed by atoms with Crippen LogP contribution >= 0.6 is 0 Å². The van der Waals surface area contributed by atoms with Gasteiger partial charge < -0.3 is 15.1 Å². The molecule has 0 aliphatic heterocycles. The summed E-state index contributed by atoms with van der Waals surface area (Å²) >= 11 is 0. The Morgan fingerprint density at radius 3 is 2.64 bits per heavy atom. The third kappa shape index (κ3) is 3.82. The third-order valence-electron chi connectivity index (χ3n) is 4.11. The van der Waals surface area contributed by atoms with Gasteiger partial charge in [0.15, 0.2) is 11.5 Å². The van der Waals surface area contributed by atoms with E-state index >= 15 is 0 Å². The number of aromatic nitrogens is 1. The third-order valence-corrected chi connectivity index (χ3v) is 4.11. The lowest BCUT2D eigenvalue weighted by molar-refractivity contribution is -0.116. The van der Waals surface area contributed by atoms with E-state index < -0.39 is 0 Å². The van der Waals surface area contributed by atoms with Gasteiger partial charge in [-0.2, -0.15) is 0 Å². The maximum absolute atomic E-state index is 12.6. The van der Waals surface area contributed by atoms with Crippen LogP contribution in [0.4, 0.5) is 11.4 Å². The van der Waals surface area contributed by atoms with Crippen LogP contribution in [-0.2, 0) is 4.79 Å². The molecule has 1 amide bonds. The highest BCUT2D eigenvalue weighted by molar-refractivity contribution is 5.97. The summed E-state index contributed by atoms with van der Waals surface area (Å²) in [6.07, 6.45) is 0. The van der Waals surface area contributed by atoms with E-state index in [4.69, 9.17) is 4.42 Å². The molecule has 0 radical (unpaired) electrons. The number of rotatable bonds is 5. The van der Waals surface area contributed by atoms with Crippen LogP contribution in [0.15, 0.2) is 46.9 Å². The van der Waals surface area contributed by atoms with E-state index in [2.05, 4.69) is 29.5 Å². The Hall–Kier alpha value is -2.82. The van der Waals surface area contributed by atoms with Gasteiger partial charge in [-0.25, -0.2) is 4.98 Å². The van der Waals surface area contributed by atoms with E-state index in [1.54, 1.807) is 0 Å². The van der Waals surface area contributed by atoms with Crippen LogP contribution in [0.2, 0.25) is 0 Å². The first kappa shape index (κ1) is 17.0. The van der Waals surface area contributed by atoms with Crippen LogP contribution in [0.3, 0.4) is 0 Å². The van der Waals surface area contributed by atoms with E-state index in [-0.39, 0.29) is 11.9 Å². The number of benzene rings is 2. The van der Waals surface area contributed by atoms with Gasteiger partial charge in [0.2, 0.25) is 5.91 Å². The number of nitrogens with zero attached hydrogens (tertiary/aromatic N) is 1. The molecule has 0 unspecified atom stereocenters. The minimum Gasteiger partial charge on any atom is -0.441 e. The molecule has 0 bridgehead atoms. The van der Waals surface area contributed by atoms with E-state index in [0.717, 1.165) is 28.0 Å². The number of amides is 1. The van der Waals surface area contributed by atoms with Crippen molar-refractivity contribution in [1.29, 1.82) is 0 Å². The Bertz CT molecular complexity index is 899. The number of anilines is 2. The molecule has 5 nitrogen and oxygen atoms in total. The van der Waals surface area contributed by atoms with Gasteiger partial charge in [0.25, 0.3) is 0 Å². The first-order valence-corrected chi connectivity index (χ1v) is 8.47. The van der Waals surface area contributed by atoms with Crippen molar-refractivity contribution < 1.29 is 9.21 Å². The summed E-state index contributed by atoms with van der Waals surface area (Å²) in [5.74, 6) is 0.894. The van der Waals surface area contributed by atoms with E-state index in [9.17, 15) is 4.79 Å². The average Bonchev–Trinajstić information content (AvgIpc) is 2.94. The first-order valence-electron chi connectivity index (χ1n) is 8.47. The van der Waals surface area contributed by atoms with Crippen molar-refractivity contribution >= 4 is 28.4 Å². The number of fused-ring (bicyclic) bond motifs is 1. The van der Waals surface area contributed by atoms with Crippen LogP contribution < -0.4 is 10.6 Å². The molecule has 1 heterocycles. The highest BCUT2D eigenvalue weighted by Crippen LogP contribution is 2.24. The number of carbonyl (C=O) groups excluding carboxylic acids is 1. The summed E-state index contributed by atoms with van der Waals surface area (Å²) in [6, 6.07) is 13.1. The zero-order valence-corrected chi connectivity index (χ0v) is 15.0. The zero-order chi connectivity index (χ0) is 18.0. The minimum absolute atomic E-state index is 0.0791. The Morgan fingerprint density at radius 1 is 1.12 bits per heavy atom. The SMILES string of the molecule is Cc1nc2cc(N[C@@H](C)C(=O)Nc3ccccc3C(C)C)ccc2o1. The summed E-state index contributed by atoms with van der Waals surface area (Å²) < 4.78 is 5.47. The zero-order valence-electron chi connectivity index (χ0n) is 15.0. The van der Waals surface area contributed by atoms with Gasteiger partial charge in [-0.05, 0) is 42.7 Å². The lowest BCUT2D eigenvalue weighted by atomic mass is 10.0. The number of para-hydroxylation sites is 1. The van der Waals surface area contributed by atoms with Gasteiger partial charge in [-0.3, -0.25) is 4.79 Å². The fraction of sp³-hybridized carbons (Fsp3) is 0.300. The lowest BCUT2D eigenvalue weighted by Gasteiger charge is -2.18. The van der Waals surface area contributed by atoms with Gasteiger partial charge in [0.05, 0.1) is 0 Å². The molecule has 5 heteroatoms. The van der Waals surface area contributed by atoms with E-state index in [1.807, 2.05) is 56.3 Å². The number of nitrogens with one attached hydrogen (secondary N) is 2. The average molecular weight is 337 g/mol. The summed E-state index contributed by atoms with van der Waals surface area (Å²) in [5.41, 5.74) is 4.34. The van der Waals surface area contributed by atoms with Crippen LogP contribution in [0, 0.1) is 6.92 Å². The Balaban J connectivity index is 1.71. The molecular weight excluding hydrogens is 314 g/mol. The van der Waals surface area contributed by atoms with Gasteiger partial charge in [0.1, 0.15) is 11.6 Å². The lowest BCUT2D eigenvalue weighted by Crippen LogP contribution is -2.32. The topological polar surface area (TPSA) is 67.2 Å². The highest BCUT2D eigenvalue weighted by Gasteiger charge is 2.16. The minimum atomic E-state index is -0.384. The maximum atomic E-state index is 12.6. The van der Waals surface area contributed by atoms with Gasteiger partial charge in [-0.15, -0.1) is 0 Å². The van der Waals surface area contributed by atoms with Gasteiger partial charge in [0, 0.05) is 18.3 Å². The molecule has 0 saturated carbocycles. The molecule has 0 spiro atoms. The second kappa shape index (κ2) is 6.97. The van der Waals surface area contributed by atoms with Crippen LogP contribution in [0.1, 0.15) is 38.1 Å².